The van der Waals surface area contributed by atoms with Crippen molar-refractivity contribution < 1.29 is 32.5 Å². The first-order chi connectivity index (χ1) is 16.8. The quantitative estimate of drug-likeness (QED) is 0.354. The zero-order valence-electron chi connectivity index (χ0n) is 18.5. The van der Waals surface area contributed by atoms with Crippen LogP contribution in [-0.2, 0) is 21.9 Å². The van der Waals surface area contributed by atoms with Crippen LogP contribution in [0.4, 0.5) is 4.39 Å². The first-order valence-corrected chi connectivity index (χ1v) is 12.2. The van der Waals surface area contributed by atoms with Crippen molar-refractivity contribution in [1.82, 2.24) is 15.0 Å². The van der Waals surface area contributed by atoms with Crippen molar-refractivity contribution >= 4 is 13.4 Å². The minimum absolute atomic E-state index is 0.255. The van der Waals surface area contributed by atoms with Crippen LogP contribution >= 0.6 is 7.82 Å². The van der Waals surface area contributed by atoms with E-state index in [1.807, 2.05) is 6.07 Å². The number of nitrogens with zero attached hydrogens (tertiary/aromatic N) is 3. The van der Waals surface area contributed by atoms with Crippen LogP contribution in [0.3, 0.4) is 0 Å². The minimum atomic E-state index is -4.63. The molecule has 1 unspecified atom stereocenters. The highest BCUT2D eigenvalue weighted by molar-refractivity contribution is 7.46. The Kier molecular flexibility index (Phi) is 7.74. The number of aromatic nitrogens is 2. The normalized spacial score (nSPS) is 15.8. The molecule has 0 bridgehead atoms. The van der Waals surface area contributed by atoms with Gasteiger partial charge >= 0.3 is 7.82 Å². The van der Waals surface area contributed by atoms with Gasteiger partial charge in [0, 0.05) is 42.9 Å². The molecule has 1 aliphatic heterocycles. The molecule has 3 aromatic rings. The average molecular weight is 502 g/mol. The van der Waals surface area contributed by atoms with Gasteiger partial charge in [-0.25, -0.2) is 13.9 Å². The number of benzene rings is 1. The van der Waals surface area contributed by atoms with E-state index in [1.54, 1.807) is 54.9 Å². The van der Waals surface area contributed by atoms with Crippen molar-refractivity contribution in [2.45, 2.75) is 19.0 Å². The van der Waals surface area contributed by atoms with Crippen LogP contribution in [0.5, 0.6) is 5.88 Å². The Morgan fingerprint density at radius 3 is 2.80 bits per heavy atom. The molecule has 12 heteroatoms. The molecule has 35 heavy (non-hydrogen) atoms. The molecule has 0 aliphatic carbocycles. The molecule has 4 rings (SSSR count). The number of nitrogens with two attached hydrogens (primary N) is 1. The van der Waals surface area contributed by atoms with E-state index in [9.17, 15) is 8.96 Å². The first kappa shape index (κ1) is 24.8. The Hall–Kier alpha value is -3.34. The van der Waals surface area contributed by atoms with Crippen molar-refractivity contribution in [3.8, 4) is 5.88 Å². The highest BCUT2D eigenvalue weighted by Crippen LogP contribution is 2.36. The maximum Gasteiger partial charge on any atom is 0.471 e. The lowest BCUT2D eigenvalue weighted by Gasteiger charge is -2.30. The zero-order valence-corrected chi connectivity index (χ0v) is 19.4. The molecule has 0 fully saturated rings. The van der Waals surface area contributed by atoms with Crippen molar-refractivity contribution in [2.75, 3.05) is 13.3 Å². The fourth-order valence-corrected chi connectivity index (χ4v) is 3.71. The third-order valence-electron chi connectivity index (χ3n) is 5.21. The van der Waals surface area contributed by atoms with Gasteiger partial charge < -0.3 is 29.7 Å². The molecule has 1 aromatic carbocycles. The van der Waals surface area contributed by atoms with Crippen molar-refractivity contribution in [2.24, 2.45) is 5.73 Å². The monoisotopic (exact) mass is 502 g/mol. The highest BCUT2D eigenvalue weighted by Gasteiger charge is 2.25. The molecule has 0 saturated carbocycles. The summed E-state index contributed by atoms with van der Waals surface area (Å²) in [6, 6.07) is 11.9. The summed E-state index contributed by atoms with van der Waals surface area (Å²) in [5.74, 6) is 0.613. The highest BCUT2D eigenvalue weighted by atomic mass is 31.2. The van der Waals surface area contributed by atoms with E-state index < -0.39 is 14.0 Å². The number of hydrogen-bond donors (Lipinski definition) is 3. The largest absolute Gasteiger partial charge is 0.477 e. The van der Waals surface area contributed by atoms with Gasteiger partial charge in [0.05, 0.1) is 12.3 Å². The van der Waals surface area contributed by atoms with Crippen LogP contribution in [0.1, 0.15) is 22.6 Å². The van der Waals surface area contributed by atoms with Gasteiger partial charge in [0.2, 0.25) is 5.88 Å². The van der Waals surface area contributed by atoms with E-state index in [2.05, 4.69) is 14.7 Å². The summed E-state index contributed by atoms with van der Waals surface area (Å²) in [7, 11) is -4.63. The van der Waals surface area contributed by atoms with Gasteiger partial charge in [-0.3, -0.25) is 4.52 Å². The molecule has 1 aliphatic rings. The number of phosphoric ester groups is 1. The van der Waals surface area contributed by atoms with E-state index in [0.717, 1.165) is 5.56 Å². The predicted octanol–water partition coefficient (Wildman–Crippen LogP) is 2.99. The van der Waals surface area contributed by atoms with Gasteiger partial charge in [-0.05, 0) is 23.3 Å². The lowest BCUT2D eigenvalue weighted by atomic mass is 10.1. The fourth-order valence-electron chi connectivity index (χ4n) is 3.43. The molecular weight excluding hydrogens is 478 g/mol. The van der Waals surface area contributed by atoms with Crippen LogP contribution in [0, 0.1) is 5.82 Å². The van der Waals surface area contributed by atoms with Crippen LogP contribution in [0.25, 0.3) is 5.57 Å². The van der Waals surface area contributed by atoms with Gasteiger partial charge in [0.15, 0.2) is 5.76 Å². The van der Waals surface area contributed by atoms with Gasteiger partial charge in [0.25, 0.3) is 0 Å². The number of phosphoric acid groups is 1. The predicted molar refractivity (Wildman–Crippen MR) is 124 cm³/mol. The number of ether oxygens (including phenoxy) is 1. The molecule has 3 heterocycles. The smallest absolute Gasteiger partial charge is 0.471 e. The second kappa shape index (κ2) is 10.9. The number of rotatable bonds is 10. The van der Waals surface area contributed by atoms with Gasteiger partial charge in [-0.2, -0.15) is 0 Å². The van der Waals surface area contributed by atoms with Gasteiger partial charge in [0.1, 0.15) is 18.7 Å². The van der Waals surface area contributed by atoms with E-state index in [-0.39, 0.29) is 12.5 Å². The van der Waals surface area contributed by atoms with E-state index in [4.69, 9.17) is 24.8 Å². The second-order valence-electron chi connectivity index (χ2n) is 7.73. The fraction of sp³-hybridized carbons (Fsp3) is 0.217. The van der Waals surface area contributed by atoms with Crippen LogP contribution in [0.15, 0.2) is 71.5 Å². The molecule has 10 nitrogen and oxygen atoms in total. The zero-order chi connectivity index (χ0) is 24.8. The van der Waals surface area contributed by atoms with Crippen LogP contribution in [0.2, 0.25) is 0 Å². The lowest BCUT2D eigenvalue weighted by molar-refractivity contribution is 0.110. The van der Waals surface area contributed by atoms with E-state index >= 15 is 0 Å². The molecule has 1 atom stereocenters. The Morgan fingerprint density at radius 1 is 1.23 bits per heavy atom. The van der Waals surface area contributed by atoms with E-state index in [1.165, 1.54) is 11.0 Å². The SMILES string of the molecule is NC1C(c2cc(Cc3ccc(OCCc4ccccc4F)nc3)no2)=CC=CN1COP(=O)(O)O. The number of hydrogen-bond acceptors (Lipinski definition) is 8. The summed E-state index contributed by atoms with van der Waals surface area (Å²) in [5, 5.41) is 4.08. The van der Waals surface area contributed by atoms with Gasteiger partial charge in [-0.1, -0.05) is 35.5 Å². The molecule has 2 aromatic heterocycles. The maximum absolute atomic E-state index is 13.7. The minimum Gasteiger partial charge on any atom is -0.477 e. The summed E-state index contributed by atoms with van der Waals surface area (Å²) in [5.41, 5.74) is 8.89. The lowest BCUT2D eigenvalue weighted by Crippen LogP contribution is -2.41. The number of allylic oxidation sites excluding steroid dienone is 2. The Bertz CT molecular complexity index is 1260. The molecule has 4 N–H and O–H groups in total. The van der Waals surface area contributed by atoms with Crippen LogP contribution < -0.4 is 10.5 Å². The summed E-state index contributed by atoms with van der Waals surface area (Å²) in [4.78, 5) is 23.5. The van der Waals surface area contributed by atoms with E-state index in [0.29, 0.717) is 47.9 Å². The first-order valence-electron chi connectivity index (χ1n) is 10.7. The van der Waals surface area contributed by atoms with Crippen LogP contribution in [-0.4, -0.2) is 44.3 Å². The number of halogens is 1. The summed E-state index contributed by atoms with van der Waals surface area (Å²) in [6.45, 7) is -0.0827. The number of pyridine rings is 1. The van der Waals surface area contributed by atoms with Crippen molar-refractivity contribution in [3.63, 3.8) is 0 Å². The molecule has 184 valence electrons. The Morgan fingerprint density at radius 2 is 2.06 bits per heavy atom. The maximum atomic E-state index is 13.7. The average Bonchev–Trinajstić information content (AvgIpc) is 3.28. The molecular formula is C23H24FN4O6P. The Labute approximate surface area is 200 Å². The molecule has 0 saturated heterocycles. The summed E-state index contributed by atoms with van der Waals surface area (Å²) >= 11 is 0. The molecule has 0 radical (unpaired) electrons. The van der Waals surface area contributed by atoms with Crippen molar-refractivity contribution in [1.29, 1.82) is 0 Å². The molecule has 0 spiro atoms. The summed E-state index contributed by atoms with van der Waals surface area (Å²) in [6.07, 6.45) is 6.78. The second-order valence-corrected chi connectivity index (χ2v) is 8.96. The van der Waals surface area contributed by atoms with Crippen molar-refractivity contribution in [3.05, 3.63) is 95.4 Å². The third-order valence-corrected chi connectivity index (χ3v) is 5.66. The standard InChI is InChI=1S/C23H24FN4O6P/c24-20-6-2-1-4-17(20)9-11-32-22-8-7-16(14-26-22)12-18-13-21(34-27-18)19-5-3-10-28(23(19)25)15-33-35(29,30)31/h1-8,10,13-14,23H,9,11-12,15,25H2,(H2,29,30,31). The third kappa shape index (κ3) is 6.84. The topological polar surface area (TPSA) is 144 Å². The molecule has 0 amide bonds. The Balaban J connectivity index is 1.31. The van der Waals surface area contributed by atoms with Gasteiger partial charge in [-0.15, -0.1) is 0 Å². The summed E-state index contributed by atoms with van der Waals surface area (Å²) < 4.78 is 40.2.